The lowest BCUT2D eigenvalue weighted by atomic mass is 10.1. The highest BCUT2D eigenvalue weighted by Gasteiger charge is 2.09. The minimum atomic E-state index is -0.635. The van der Waals surface area contributed by atoms with Gasteiger partial charge in [0.05, 0.1) is 16.8 Å². The maximum atomic E-state index is 11.7. The van der Waals surface area contributed by atoms with E-state index in [0.717, 1.165) is 5.56 Å². The zero-order valence-electron chi connectivity index (χ0n) is 11.4. The Bertz CT molecular complexity index is 590. The van der Waals surface area contributed by atoms with Crippen LogP contribution in [0.15, 0.2) is 54.6 Å². The summed E-state index contributed by atoms with van der Waals surface area (Å²) >= 11 is 5.95. The Labute approximate surface area is 128 Å². The average Bonchev–Trinajstić information content (AvgIpc) is 2.49. The highest BCUT2D eigenvalue weighted by Crippen LogP contribution is 2.19. The highest BCUT2D eigenvalue weighted by molar-refractivity contribution is 6.33. The molecule has 2 aromatic rings. The summed E-state index contributed by atoms with van der Waals surface area (Å²) in [7, 11) is 0. The maximum absolute atomic E-state index is 11.7. The van der Waals surface area contributed by atoms with E-state index < -0.39 is 12.1 Å². The van der Waals surface area contributed by atoms with Crippen LogP contribution in [0.1, 0.15) is 5.56 Å². The quantitative estimate of drug-likeness (QED) is 0.795. The molecule has 5 heteroatoms. The van der Waals surface area contributed by atoms with Gasteiger partial charge in [0.25, 0.3) is 0 Å². The summed E-state index contributed by atoms with van der Waals surface area (Å²) in [5.74, 6) is 0. The minimum Gasteiger partial charge on any atom is -0.391 e. The number of benzene rings is 2. The molecule has 0 spiro atoms. The van der Waals surface area contributed by atoms with Crippen LogP contribution >= 0.6 is 11.6 Å². The maximum Gasteiger partial charge on any atom is 0.319 e. The van der Waals surface area contributed by atoms with Gasteiger partial charge in [-0.15, -0.1) is 0 Å². The standard InChI is InChI=1S/C16H17ClN2O2/c17-14-8-4-5-9-15(14)19-16(21)18-11-13(20)10-12-6-2-1-3-7-12/h1-9,13,20H,10-11H2,(H2,18,19,21). The van der Waals surface area contributed by atoms with Crippen LogP contribution in [0.2, 0.25) is 5.02 Å². The van der Waals surface area contributed by atoms with Crippen LogP contribution in [-0.2, 0) is 6.42 Å². The molecule has 2 amide bonds. The van der Waals surface area contributed by atoms with Gasteiger partial charge in [-0.25, -0.2) is 4.79 Å². The van der Waals surface area contributed by atoms with Crippen LogP contribution in [0.25, 0.3) is 0 Å². The number of urea groups is 1. The van der Waals surface area contributed by atoms with Gasteiger partial charge >= 0.3 is 6.03 Å². The summed E-state index contributed by atoms with van der Waals surface area (Å²) in [5.41, 5.74) is 1.56. The Morgan fingerprint density at radius 2 is 1.76 bits per heavy atom. The third-order valence-electron chi connectivity index (χ3n) is 2.93. The van der Waals surface area contributed by atoms with Crippen molar-refractivity contribution >= 4 is 23.3 Å². The molecule has 0 radical (unpaired) electrons. The number of carbonyl (C=O) groups excluding carboxylic acids is 1. The zero-order chi connectivity index (χ0) is 15.1. The van der Waals surface area contributed by atoms with Crippen molar-refractivity contribution in [2.45, 2.75) is 12.5 Å². The summed E-state index contributed by atoms with van der Waals surface area (Å²) in [4.78, 5) is 11.7. The Morgan fingerprint density at radius 1 is 1.10 bits per heavy atom. The zero-order valence-corrected chi connectivity index (χ0v) is 12.2. The summed E-state index contributed by atoms with van der Waals surface area (Å²) in [5, 5.41) is 15.6. The first-order valence-electron chi connectivity index (χ1n) is 6.66. The second kappa shape index (κ2) is 7.67. The van der Waals surface area contributed by atoms with Crippen LogP contribution < -0.4 is 10.6 Å². The molecule has 21 heavy (non-hydrogen) atoms. The summed E-state index contributed by atoms with van der Waals surface area (Å²) in [6, 6.07) is 16.2. The molecule has 1 unspecified atom stereocenters. The summed E-state index contributed by atoms with van der Waals surface area (Å²) < 4.78 is 0. The largest absolute Gasteiger partial charge is 0.391 e. The summed E-state index contributed by atoms with van der Waals surface area (Å²) in [6.45, 7) is 0.172. The van der Waals surface area contributed by atoms with E-state index in [1.807, 2.05) is 30.3 Å². The van der Waals surface area contributed by atoms with Gasteiger partial charge in [-0.05, 0) is 17.7 Å². The molecule has 0 saturated carbocycles. The van der Waals surface area contributed by atoms with Crippen molar-refractivity contribution in [3.63, 3.8) is 0 Å². The number of aliphatic hydroxyl groups excluding tert-OH is 1. The van der Waals surface area contributed by atoms with Crippen LogP contribution in [0.4, 0.5) is 10.5 Å². The van der Waals surface area contributed by atoms with Gasteiger partial charge in [0.1, 0.15) is 0 Å². The van der Waals surface area contributed by atoms with E-state index in [1.165, 1.54) is 0 Å². The Balaban J connectivity index is 1.77. The molecule has 0 aliphatic rings. The molecule has 3 N–H and O–H groups in total. The molecule has 2 aromatic carbocycles. The van der Waals surface area contributed by atoms with Crippen molar-refractivity contribution in [1.82, 2.24) is 5.32 Å². The fourth-order valence-electron chi connectivity index (χ4n) is 1.90. The molecular weight excluding hydrogens is 288 g/mol. The van der Waals surface area contributed by atoms with Gasteiger partial charge in [0, 0.05) is 13.0 Å². The predicted molar refractivity (Wildman–Crippen MR) is 84.6 cm³/mol. The third kappa shape index (κ3) is 5.10. The number of halogens is 1. The minimum absolute atomic E-state index is 0.172. The molecular formula is C16H17ClN2O2. The third-order valence-corrected chi connectivity index (χ3v) is 3.26. The van der Waals surface area contributed by atoms with Crippen LogP contribution in [0, 0.1) is 0 Å². The van der Waals surface area contributed by atoms with E-state index in [-0.39, 0.29) is 6.54 Å². The average molecular weight is 305 g/mol. The van der Waals surface area contributed by atoms with Gasteiger partial charge in [-0.2, -0.15) is 0 Å². The summed E-state index contributed by atoms with van der Waals surface area (Å²) in [6.07, 6.45) is -0.142. The lowest BCUT2D eigenvalue weighted by Gasteiger charge is -2.13. The number of carbonyl (C=O) groups is 1. The fourth-order valence-corrected chi connectivity index (χ4v) is 2.08. The van der Waals surface area contributed by atoms with E-state index in [1.54, 1.807) is 24.3 Å². The number of hydrogen-bond donors (Lipinski definition) is 3. The second-order valence-corrected chi connectivity index (χ2v) is 5.07. The first-order chi connectivity index (χ1) is 10.1. The molecule has 2 rings (SSSR count). The number of para-hydroxylation sites is 1. The molecule has 0 aliphatic heterocycles. The van der Waals surface area contributed by atoms with Gasteiger partial charge in [0.15, 0.2) is 0 Å². The second-order valence-electron chi connectivity index (χ2n) is 4.66. The molecule has 0 aromatic heterocycles. The van der Waals surface area contributed by atoms with Crippen molar-refractivity contribution in [3.8, 4) is 0 Å². The number of rotatable bonds is 5. The number of hydrogen-bond acceptors (Lipinski definition) is 2. The fraction of sp³-hybridized carbons (Fsp3) is 0.188. The smallest absolute Gasteiger partial charge is 0.319 e. The van der Waals surface area contributed by atoms with Crippen molar-refractivity contribution < 1.29 is 9.90 Å². The van der Waals surface area contributed by atoms with Gasteiger partial charge < -0.3 is 15.7 Å². The number of amides is 2. The number of anilines is 1. The van der Waals surface area contributed by atoms with Crippen molar-refractivity contribution in [3.05, 3.63) is 65.2 Å². The van der Waals surface area contributed by atoms with E-state index in [0.29, 0.717) is 17.1 Å². The van der Waals surface area contributed by atoms with Crippen molar-refractivity contribution in [1.29, 1.82) is 0 Å². The SMILES string of the molecule is O=C(NCC(O)Cc1ccccc1)Nc1ccccc1Cl. The van der Waals surface area contributed by atoms with Crippen LogP contribution in [0.3, 0.4) is 0 Å². The molecule has 4 nitrogen and oxygen atoms in total. The number of aliphatic hydroxyl groups is 1. The van der Waals surface area contributed by atoms with Crippen LogP contribution in [-0.4, -0.2) is 23.8 Å². The molecule has 0 fully saturated rings. The molecule has 0 saturated heterocycles. The van der Waals surface area contributed by atoms with E-state index in [2.05, 4.69) is 10.6 Å². The molecule has 0 bridgehead atoms. The Morgan fingerprint density at radius 3 is 2.48 bits per heavy atom. The lowest BCUT2D eigenvalue weighted by molar-refractivity contribution is 0.172. The number of nitrogens with one attached hydrogen (secondary N) is 2. The van der Waals surface area contributed by atoms with E-state index in [4.69, 9.17) is 11.6 Å². The van der Waals surface area contributed by atoms with Crippen LogP contribution in [0.5, 0.6) is 0 Å². The molecule has 0 heterocycles. The van der Waals surface area contributed by atoms with Gasteiger partial charge in [-0.1, -0.05) is 54.1 Å². The Hall–Kier alpha value is -2.04. The highest BCUT2D eigenvalue weighted by atomic mass is 35.5. The van der Waals surface area contributed by atoms with Gasteiger partial charge in [0.2, 0.25) is 0 Å². The molecule has 0 aliphatic carbocycles. The molecule has 110 valence electrons. The van der Waals surface area contributed by atoms with Crippen molar-refractivity contribution in [2.24, 2.45) is 0 Å². The van der Waals surface area contributed by atoms with Crippen molar-refractivity contribution in [2.75, 3.05) is 11.9 Å². The van der Waals surface area contributed by atoms with E-state index in [9.17, 15) is 9.90 Å². The first-order valence-corrected chi connectivity index (χ1v) is 7.04. The van der Waals surface area contributed by atoms with Gasteiger partial charge in [-0.3, -0.25) is 0 Å². The van der Waals surface area contributed by atoms with E-state index >= 15 is 0 Å². The Kier molecular flexibility index (Phi) is 5.60. The topological polar surface area (TPSA) is 61.4 Å². The lowest BCUT2D eigenvalue weighted by Crippen LogP contribution is -2.36. The monoisotopic (exact) mass is 304 g/mol. The first kappa shape index (κ1) is 15.4. The molecule has 1 atom stereocenters. The predicted octanol–water partition coefficient (Wildman–Crippen LogP) is 3.07. The normalized spacial score (nSPS) is 11.7.